The molecule has 3 aromatic rings. The molecule has 0 aliphatic carbocycles. The van der Waals surface area contributed by atoms with Crippen molar-refractivity contribution in [2.24, 2.45) is 0 Å². The van der Waals surface area contributed by atoms with Gasteiger partial charge in [0, 0.05) is 21.1 Å². The largest absolute Gasteiger partial charge is 0.459 e. The van der Waals surface area contributed by atoms with Crippen LogP contribution in [0.1, 0.15) is 30.0 Å². The van der Waals surface area contributed by atoms with Gasteiger partial charge in [0.15, 0.2) is 0 Å². The van der Waals surface area contributed by atoms with Crippen LogP contribution >= 0.6 is 34.8 Å². The number of halogens is 3. The summed E-state index contributed by atoms with van der Waals surface area (Å²) in [6.07, 6.45) is 0.383. The van der Waals surface area contributed by atoms with Gasteiger partial charge in [0.2, 0.25) is 0 Å². The number of hydrogen-bond acceptors (Lipinski definition) is 4. The minimum atomic E-state index is -0.922. The molecule has 176 valence electrons. The molecule has 0 radical (unpaired) electrons. The number of hydrogen-bond donors (Lipinski definition) is 0. The Bertz CT molecular complexity index is 1030. The Hall–Kier alpha value is -2.79. The standard InChI is InChI=1S/C27H23Cl3O4/c1-3-25(31)33-17-18(2)34-26(32)16-27(19-4-10-22(28)11-5-19,20-6-12-23(29)13-7-20)21-8-14-24(30)15-9-21/h3-15,18H,1,16-17H2,2H3. The molecule has 0 spiro atoms. The van der Waals surface area contributed by atoms with E-state index in [1.807, 2.05) is 36.4 Å². The van der Waals surface area contributed by atoms with Crippen LogP contribution in [0, 0.1) is 0 Å². The van der Waals surface area contributed by atoms with Crippen molar-refractivity contribution in [3.05, 3.63) is 117 Å². The summed E-state index contributed by atoms with van der Waals surface area (Å²) in [5.74, 6) is -1.05. The lowest BCUT2D eigenvalue weighted by atomic mass is 9.67. The van der Waals surface area contributed by atoms with Gasteiger partial charge in [-0.05, 0) is 60.0 Å². The Morgan fingerprint density at radius 2 is 1.21 bits per heavy atom. The lowest BCUT2D eigenvalue weighted by Gasteiger charge is -2.35. The van der Waals surface area contributed by atoms with E-state index in [0.717, 1.165) is 22.8 Å². The fourth-order valence-electron chi connectivity index (χ4n) is 3.78. The molecule has 0 aromatic heterocycles. The fourth-order valence-corrected chi connectivity index (χ4v) is 4.16. The van der Waals surface area contributed by atoms with Crippen molar-refractivity contribution >= 4 is 46.7 Å². The summed E-state index contributed by atoms with van der Waals surface area (Å²) in [5, 5.41) is 1.72. The average molecular weight is 518 g/mol. The highest BCUT2D eigenvalue weighted by atomic mass is 35.5. The van der Waals surface area contributed by atoms with Crippen molar-refractivity contribution in [1.29, 1.82) is 0 Å². The molecule has 3 rings (SSSR count). The molecule has 3 aromatic carbocycles. The summed E-state index contributed by atoms with van der Waals surface area (Å²) < 4.78 is 10.6. The van der Waals surface area contributed by atoms with E-state index in [1.165, 1.54) is 0 Å². The Kier molecular flexibility index (Phi) is 8.78. The summed E-state index contributed by atoms with van der Waals surface area (Å²) in [5.41, 5.74) is 1.59. The van der Waals surface area contributed by atoms with Gasteiger partial charge in [-0.25, -0.2) is 4.79 Å². The van der Waals surface area contributed by atoms with Crippen LogP contribution in [0.2, 0.25) is 15.1 Å². The second-order valence-electron chi connectivity index (χ2n) is 7.74. The van der Waals surface area contributed by atoms with E-state index < -0.39 is 23.5 Å². The van der Waals surface area contributed by atoms with Gasteiger partial charge in [-0.2, -0.15) is 0 Å². The molecule has 0 fully saturated rings. The molecular formula is C27H23Cl3O4. The molecule has 1 unspecified atom stereocenters. The maximum absolute atomic E-state index is 13.2. The zero-order valence-electron chi connectivity index (χ0n) is 18.5. The summed E-state index contributed by atoms with van der Waals surface area (Å²) in [7, 11) is 0. The topological polar surface area (TPSA) is 52.6 Å². The Morgan fingerprint density at radius 1 is 0.824 bits per heavy atom. The maximum atomic E-state index is 13.2. The Balaban J connectivity index is 2.07. The van der Waals surface area contributed by atoms with Crippen molar-refractivity contribution in [1.82, 2.24) is 0 Å². The first kappa shape index (κ1) is 25.8. The second-order valence-corrected chi connectivity index (χ2v) is 9.05. The highest BCUT2D eigenvalue weighted by Gasteiger charge is 2.39. The van der Waals surface area contributed by atoms with Crippen LogP contribution in [0.5, 0.6) is 0 Å². The van der Waals surface area contributed by atoms with E-state index in [1.54, 1.807) is 43.3 Å². The van der Waals surface area contributed by atoms with Crippen molar-refractivity contribution in [2.45, 2.75) is 24.9 Å². The second kappa shape index (κ2) is 11.6. The van der Waals surface area contributed by atoms with Crippen LogP contribution in [0.15, 0.2) is 85.5 Å². The lowest BCUT2D eigenvalue weighted by molar-refractivity contribution is -0.156. The number of esters is 2. The molecule has 34 heavy (non-hydrogen) atoms. The third-order valence-electron chi connectivity index (χ3n) is 5.38. The normalized spacial score (nSPS) is 12.0. The summed E-state index contributed by atoms with van der Waals surface area (Å²) >= 11 is 18.5. The minimum absolute atomic E-state index is 0.0301. The molecular weight excluding hydrogens is 495 g/mol. The van der Waals surface area contributed by atoms with Crippen LogP contribution in [0.25, 0.3) is 0 Å². The smallest absolute Gasteiger partial charge is 0.330 e. The Morgan fingerprint density at radius 3 is 1.56 bits per heavy atom. The zero-order chi connectivity index (χ0) is 24.7. The number of rotatable bonds is 9. The van der Waals surface area contributed by atoms with Crippen LogP contribution in [-0.4, -0.2) is 24.6 Å². The molecule has 0 heterocycles. The molecule has 0 saturated heterocycles. The number of carbonyl (C=O) groups excluding carboxylic acids is 2. The van der Waals surface area contributed by atoms with Crippen molar-refractivity contribution in [3.8, 4) is 0 Å². The van der Waals surface area contributed by atoms with Crippen molar-refractivity contribution in [3.63, 3.8) is 0 Å². The van der Waals surface area contributed by atoms with Crippen LogP contribution in [0.3, 0.4) is 0 Å². The van der Waals surface area contributed by atoms with Gasteiger partial charge in [0.25, 0.3) is 0 Å². The van der Waals surface area contributed by atoms with Gasteiger partial charge in [-0.15, -0.1) is 0 Å². The first-order chi connectivity index (χ1) is 16.2. The lowest BCUT2D eigenvalue weighted by Crippen LogP contribution is -2.34. The minimum Gasteiger partial charge on any atom is -0.459 e. The SMILES string of the molecule is C=CC(=O)OCC(C)OC(=O)CC(c1ccc(Cl)cc1)(c1ccc(Cl)cc1)c1ccc(Cl)cc1. The quantitative estimate of drug-likeness (QED) is 0.174. The van der Waals surface area contributed by atoms with E-state index in [4.69, 9.17) is 44.3 Å². The van der Waals surface area contributed by atoms with Crippen LogP contribution in [0.4, 0.5) is 0 Å². The molecule has 0 amide bonds. The predicted octanol–water partition coefficient (Wildman–Crippen LogP) is 7.03. The molecule has 0 aliphatic heterocycles. The molecule has 0 N–H and O–H groups in total. The third kappa shape index (κ3) is 6.20. The molecule has 0 bridgehead atoms. The van der Waals surface area contributed by atoms with E-state index in [2.05, 4.69) is 6.58 Å². The van der Waals surface area contributed by atoms with E-state index in [-0.39, 0.29) is 13.0 Å². The predicted molar refractivity (Wildman–Crippen MR) is 136 cm³/mol. The molecule has 0 saturated carbocycles. The monoisotopic (exact) mass is 516 g/mol. The fraction of sp³-hybridized carbons (Fsp3) is 0.185. The summed E-state index contributed by atoms with van der Waals surface area (Å²) in [6.45, 7) is 4.94. The van der Waals surface area contributed by atoms with Crippen LogP contribution < -0.4 is 0 Å². The van der Waals surface area contributed by atoms with E-state index >= 15 is 0 Å². The average Bonchev–Trinajstić information content (AvgIpc) is 2.82. The molecule has 4 nitrogen and oxygen atoms in total. The van der Waals surface area contributed by atoms with Gasteiger partial charge in [-0.3, -0.25) is 4.79 Å². The number of benzene rings is 3. The van der Waals surface area contributed by atoms with Gasteiger partial charge in [0.1, 0.15) is 12.7 Å². The van der Waals surface area contributed by atoms with Gasteiger partial charge in [0.05, 0.1) is 11.8 Å². The highest BCUT2D eigenvalue weighted by Crippen LogP contribution is 2.43. The number of carbonyl (C=O) groups is 2. The van der Waals surface area contributed by atoms with Gasteiger partial charge >= 0.3 is 11.9 Å². The van der Waals surface area contributed by atoms with Crippen molar-refractivity contribution < 1.29 is 19.1 Å². The van der Waals surface area contributed by atoms with Gasteiger partial charge < -0.3 is 9.47 Å². The third-order valence-corrected chi connectivity index (χ3v) is 6.14. The van der Waals surface area contributed by atoms with Crippen LogP contribution in [-0.2, 0) is 24.5 Å². The van der Waals surface area contributed by atoms with E-state index in [9.17, 15) is 9.59 Å². The maximum Gasteiger partial charge on any atom is 0.330 e. The Labute approximate surface area is 214 Å². The number of ether oxygens (including phenoxy) is 2. The zero-order valence-corrected chi connectivity index (χ0v) is 20.7. The first-order valence-electron chi connectivity index (χ1n) is 10.5. The van der Waals surface area contributed by atoms with E-state index in [0.29, 0.717) is 15.1 Å². The van der Waals surface area contributed by atoms with Gasteiger partial charge in [-0.1, -0.05) is 77.8 Å². The summed E-state index contributed by atoms with van der Waals surface area (Å²) in [6, 6.07) is 22.0. The molecule has 1 atom stereocenters. The summed E-state index contributed by atoms with van der Waals surface area (Å²) in [4.78, 5) is 24.6. The molecule has 7 heteroatoms. The highest BCUT2D eigenvalue weighted by molar-refractivity contribution is 6.31. The molecule has 0 aliphatic rings. The van der Waals surface area contributed by atoms with Crippen molar-refractivity contribution in [2.75, 3.05) is 6.61 Å². The first-order valence-corrected chi connectivity index (χ1v) is 11.6.